The van der Waals surface area contributed by atoms with Crippen LogP contribution in [0.2, 0.25) is 0 Å². The molecule has 0 atom stereocenters. The lowest BCUT2D eigenvalue weighted by Gasteiger charge is -2.17. The molecule has 2 fully saturated rings. The van der Waals surface area contributed by atoms with Crippen LogP contribution in [0, 0.1) is 0 Å². The number of aliphatic imine (C=N–C) groups is 1. The van der Waals surface area contributed by atoms with Crippen molar-refractivity contribution in [2.24, 2.45) is 4.99 Å². The fourth-order valence-electron chi connectivity index (χ4n) is 2.84. The van der Waals surface area contributed by atoms with E-state index in [9.17, 15) is 4.79 Å². The number of amides is 1. The van der Waals surface area contributed by atoms with Crippen LogP contribution < -0.4 is 10.1 Å². The molecule has 1 heterocycles. The first-order chi connectivity index (χ1) is 11.2. The summed E-state index contributed by atoms with van der Waals surface area (Å²) in [7, 11) is 0. The molecule has 0 unspecified atom stereocenters. The second-order valence-electron chi connectivity index (χ2n) is 5.79. The molecule has 3 rings (SSSR count). The number of nitrogens with zero attached hydrogens (tertiary/aromatic N) is 1. The van der Waals surface area contributed by atoms with Crippen LogP contribution >= 0.6 is 11.8 Å². The number of carbonyl (C=O) groups excluding carboxylic acids is 1. The summed E-state index contributed by atoms with van der Waals surface area (Å²) in [6, 6.07) is 8.13. The number of thioether (sulfide) groups is 1. The highest BCUT2D eigenvalue weighted by Crippen LogP contribution is 2.29. The Balaban J connectivity index is 1.68. The lowest BCUT2D eigenvalue weighted by Crippen LogP contribution is -2.22. The summed E-state index contributed by atoms with van der Waals surface area (Å²) in [6.45, 7) is 2.61. The Kier molecular flexibility index (Phi) is 5.39. The van der Waals surface area contributed by atoms with Crippen LogP contribution in [0.4, 0.5) is 0 Å². The van der Waals surface area contributed by atoms with Gasteiger partial charge in [-0.3, -0.25) is 9.79 Å². The minimum absolute atomic E-state index is 0.0570. The SMILES string of the molecule is CCOc1ccc(/C=C2\SC(=NC3CCCCC3)NC2=O)cc1. The summed E-state index contributed by atoms with van der Waals surface area (Å²) in [5.74, 6) is 0.788. The van der Waals surface area contributed by atoms with Crippen molar-refractivity contribution in [2.45, 2.75) is 45.1 Å². The monoisotopic (exact) mass is 330 g/mol. The Morgan fingerprint density at radius 2 is 2.00 bits per heavy atom. The fourth-order valence-corrected chi connectivity index (χ4v) is 3.74. The number of ether oxygens (including phenoxy) is 1. The zero-order valence-corrected chi connectivity index (χ0v) is 14.2. The molecule has 1 aliphatic heterocycles. The Morgan fingerprint density at radius 1 is 1.26 bits per heavy atom. The van der Waals surface area contributed by atoms with Crippen molar-refractivity contribution in [2.75, 3.05) is 6.61 Å². The number of hydrogen-bond acceptors (Lipinski definition) is 4. The van der Waals surface area contributed by atoms with Gasteiger partial charge in [-0.15, -0.1) is 0 Å². The Bertz CT molecular complexity index is 616. The van der Waals surface area contributed by atoms with Gasteiger partial charge in [0.2, 0.25) is 0 Å². The van der Waals surface area contributed by atoms with E-state index in [1.54, 1.807) is 0 Å². The van der Waals surface area contributed by atoms with E-state index in [0.29, 0.717) is 17.6 Å². The number of hydrogen-bond donors (Lipinski definition) is 1. The molecule has 122 valence electrons. The topological polar surface area (TPSA) is 50.7 Å². The van der Waals surface area contributed by atoms with Gasteiger partial charge in [0.05, 0.1) is 17.6 Å². The van der Waals surface area contributed by atoms with E-state index >= 15 is 0 Å². The maximum Gasteiger partial charge on any atom is 0.264 e. The minimum atomic E-state index is -0.0570. The maximum absolute atomic E-state index is 12.1. The van der Waals surface area contributed by atoms with Gasteiger partial charge in [0.1, 0.15) is 5.75 Å². The van der Waals surface area contributed by atoms with Crippen LogP contribution in [0.3, 0.4) is 0 Å². The van der Waals surface area contributed by atoms with Gasteiger partial charge in [0, 0.05) is 0 Å². The number of nitrogens with one attached hydrogen (secondary N) is 1. The second kappa shape index (κ2) is 7.68. The molecule has 0 spiro atoms. The van der Waals surface area contributed by atoms with Crippen molar-refractivity contribution in [1.82, 2.24) is 5.32 Å². The van der Waals surface area contributed by atoms with Crippen molar-refractivity contribution in [3.05, 3.63) is 34.7 Å². The molecule has 0 aromatic heterocycles. The fraction of sp³-hybridized carbons (Fsp3) is 0.444. The van der Waals surface area contributed by atoms with Gasteiger partial charge < -0.3 is 10.1 Å². The first-order valence-electron chi connectivity index (χ1n) is 8.26. The summed E-state index contributed by atoms with van der Waals surface area (Å²) < 4.78 is 5.43. The van der Waals surface area contributed by atoms with Gasteiger partial charge in [-0.05, 0) is 55.3 Å². The van der Waals surface area contributed by atoms with Crippen LogP contribution in [0.15, 0.2) is 34.2 Å². The first kappa shape index (κ1) is 16.1. The van der Waals surface area contributed by atoms with Crippen molar-refractivity contribution in [3.8, 4) is 5.75 Å². The standard InChI is InChI=1S/C18H22N2O2S/c1-2-22-15-10-8-13(9-11-15)12-16-17(21)20-18(23-16)19-14-6-4-3-5-7-14/h8-12,14H,2-7H2,1H3,(H,19,20,21)/b16-12-. The lowest BCUT2D eigenvalue weighted by atomic mass is 9.96. The zero-order chi connectivity index (χ0) is 16.1. The van der Waals surface area contributed by atoms with E-state index in [-0.39, 0.29) is 5.91 Å². The van der Waals surface area contributed by atoms with E-state index in [1.165, 1.54) is 31.0 Å². The molecule has 1 amide bonds. The highest BCUT2D eigenvalue weighted by atomic mass is 32.2. The number of benzene rings is 1. The summed E-state index contributed by atoms with van der Waals surface area (Å²) in [4.78, 5) is 17.5. The van der Waals surface area contributed by atoms with Gasteiger partial charge in [0.15, 0.2) is 5.17 Å². The van der Waals surface area contributed by atoms with Gasteiger partial charge in [0.25, 0.3) is 5.91 Å². The summed E-state index contributed by atoms with van der Waals surface area (Å²) >= 11 is 1.44. The number of rotatable bonds is 4. The molecule has 5 heteroatoms. The summed E-state index contributed by atoms with van der Waals surface area (Å²) in [5, 5.41) is 3.63. The normalized spacial score (nSPS) is 22.6. The van der Waals surface area contributed by atoms with E-state index in [1.807, 2.05) is 37.3 Å². The lowest BCUT2D eigenvalue weighted by molar-refractivity contribution is -0.115. The van der Waals surface area contributed by atoms with Crippen molar-refractivity contribution >= 4 is 28.9 Å². The molecule has 1 aromatic carbocycles. The molecule has 1 aliphatic carbocycles. The summed E-state index contributed by atoms with van der Waals surface area (Å²) in [5.41, 5.74) is 0.991. The zero-order valence-electron chi connectivity index (χ0n) is 13.4. The molecule has 4 nitrogen and oxygen atoms in total. The molecule has 0 bridgehead atoms. The highest BCUT2D eigenvalue weighted by molar-refractivity contribution is 8.18. The molecule has 0 radical (unpaired) electrons. The quantitative estimate of drug-likeness (QED) is 0.850. The van der Waals surface area contributed by atoms with Gasteiger partial charge in [-0.1, -0.05) is 31.4 Å². The van der Waals surface area contributed by atoms with E-state index in [0.717, 1.165) is 29.3 Å². The molecule has 1 aromatic rings. The van der Waals surface area contributed by atoms with E-state index < -0.39 is 0 Å². The largest absolute Gasteiger partial charge is 0.494 e. The second-order valence-corrected chi connectivity index (χ2v) is 6.82. The molecule has 1 saturated heterocycles. The average molecular weight is 330 g/mol. The molecule has 1 N–H and O–H groups in total. The maximum atomic E-state index is 12.1. The van der Waals surface area contributed by atoms with E-state index in [2.05, 4.69) is 5.32 Å². The predicted octanol–water partition coefficient (Wildman–Crippen LogP) is 3.98. The van der Waals surface area contributed by atoms with Crippen LogP contribution in [-0.4, -0.2) is 23.7 Å². The first-order valence-corrected chi connectivity index (χ1v) is 9.08. The van der Waals surface area contributed by atoms with Crippen molar-refractivity contribution in [1.29, 1.82) is 0 Å². The molecular weight excluding hydrogens is 308 g/mol. The van der Waals surface area contributed by atoms with Crippen LogP contribution in [0.1, 0.15) is 44.6 Å². The van der Waals surface area contributed by atoms with Gasteiger partial charge in [-0.25, -0.2) is 0 Å². The Labute approximate surface area is 141 Å². The minimum Gasteiger partial charge on any atom is -0.494 e. The van der Waals surface area contributed by atoms with Crippen LogP contribution in [-0.2, 0) is 4.79 Å². The van der Waals surface area contributed by atoms with Crippen molar-refractivity contribution in [3.63, 3.8) is 0 Å². The number of carbonyl (C=O) groups is 1. The number of amidine groups is 1. The van der Waals surface area contributed by atoms with Crippen molar-refractivity contribution < 1.29 is 9.53 Å². The van der Waals surface area contributed by atoms with E-state index in [4.69, 9.17) is 9.73 Å². The van der Waals surface area contributed by atoms with Gasteiger partial charge >= 0.3 is 0 Å². The predicted molar refractivity (Wildman–Crippen MR) is 95.6 cm³/mol. The molecule has 23 heavy (non-hydrogen) atoms. The Hall–Kier alpha value is -1.75. The van der Waals surface area contributed by atoms with Gasteiger partial charge in [-0.2, -0.15) is 0 Å². The third-order valence-corrected chi connectivity index (χ3v) is 4.94. The third-order valence-electron chi connectivity index (χ3n) is 4.01. The average Bonchev–Trinajstić information content (AvgIpc) is 2.90. The molecule has 1 saturated carbocycles. The Morgan fingerprint density at radius 3 is 2.70 bits per heavy atom. The molecule has 2 aliphatic rings. The highest BCUT2D eigenvalue weighted by Gasteiger charge is 2.25. The van der Waals surface area contributed by atoms with Crippen LogP contribution in [0.25, 0.3) is 6.08 Å². The smallest absolute Gasteiger partial charge is 0.264 e. The molecular formula is C18H22N2O2S. The third kappa shape index (κ3) is 4.38. The summed E-state index contributed by atoms with van der Waals surface area (Å²) in [6.07, 6.45) is 7.97. The van der Waals surface area contributed by atoms with Crippen LogP contribution in [0.5, 0.6) is 5.75 Å².